The molecule has 0 aromatic heterocycles. The highest BCUT2D eigenvalue weighted by molar-refractivity contribution is 5.88. The Bertz CT molecular complexity index is 491. The lowest BCUT2D eigenvalue weighted by molar-refractivity contribution is -0.115. The lowest BCUT2D eigenvalue weighted by Crippen LogP contribution is -2.15. The van der Waals surface area contributed by atoms with E-state index in [0.717, 1.165) is 11.1 Å². The quantitative estimate of drug-likeness (QED) is 0.578. The highest BCUT2D eigenvalue weighted by Crippen LogP contribution is 2.24. The molecule has 0 fully saturated rings. The summed E-state index contributed by atoms with van der Waals surface area (Å²) in [5.41, 5.74) is 0. The lowest BCUT2D eigenvalue weighted by Gasteiger charge is -2.12. The van der Waals surface area contributed by atoms with Gasteiger partial charge in [0, 0.05) is 12.5 Å². The molecule has 96 valence electrons. The van der Waals surface area contributed by atoms with Gasteiger partial charge in [-0.05, 0) is 18.4 Å². The molecule has 0 amide bonds. The molecule has 0 heterocycles. The number of rotatable bonds is 6. The molecule has 0 N–H and O–H groups in total. The van der Waals surface area contributed by atoms with Crippen LogP contribution in [0.4, 0.5) is 0 Å². The predicted octanol–water partition coefficient (Wildman–Crippen LogP) is 3.23. The number of hydrogen-bond donors (Lipinski definition) is 0. The predicted molar refractivity (Wildman–Crippen MR) is 71.9 cm³/mol. The van der Waals surface area contributed by atoms with Crippen LogP contribution >= 0.6 is 0 Å². The van der Waals surface area contributed by atoms with Crippen LogP contribution in [0.5, 0.6) is 5.75 Å². The first-order valence-electron chi connectivity index (χ1n) is 6.06. The minimum Gasteiger partial charge on any atom is -0.491 e. The minimum absolute atomic E-state index is 0.193. The van der Waals surface area contributed by atoms with Crippen molar-refractivity contribution < 1.29 is 14.2 Å². The summed E-state index contributed by atoms with van der Waals surface area (Å²) >= 11 is 0. The Morgan fingerprint density at radius 1 is 1.00 bits per heavy atom. The van der Waals surface area contributed by atoms with Crippen LogP contribution < -0.4 is 4.74 Å². The van der Waals surface area contributed by atoms with Crippen molar-refractivity contribution in [1.29, 1.82) is 0 Å². The molecule has 0 bridgehead atoms. The van der Waals surface area contributed by atoms with E-state index in [1.54, 1.807) is 7.11 Å². The van der Waals surface area contributed by atoms with E-state index in [2.05, 4.69) is 18.2 Å². The summed E-state index contributed by atoms with van der Waals surface area (Å²) in [7, 11) is 1.62. The lowest BCUT2D eigenvalue weighted by atomic mass is 10.1. The van der Waals surface area contributed by atoms with Crippen molar-refractivity contribution in [3.63, 3.8) is 0 Å². The Kier molecular flexibility index (Phi) is 4.56. The number of benzene rings is 2. The Morgan fingerprint density at radius 2 is 1.78 bits per heavy atom. The summed E-state index contributed by atoms with van der Waals surface area (Å²) in [6, 6.07) is 14.2. The van der Waals surface area contributed by atoms with Gasteiger partial charge in [0.25, 0.3) is 0 Å². The Hall–Kier alpha value is -1.58. The second-order valence-corrected chi connectivity index (χ2v) is 4.00. The van der Waals surface area contributed by atoms with E-state index in [-0.39, 0.29) is 6.29 Å². The minimum atomic E-state index is -0.193. The Morgan fingerprint density at radius 3 is 2.61 bits per heavy atom. The molecular formula is C15H18O3. The van der Waals surface area contributed by atoms with E-state index in [0.29, 0.717) is 13.2 Å². The molecule has 3 heteroatoms. The van der Waals surface area contributed by atoms with Crippen molar-refractivity contribution >= 4 is 10.8 Å². The van der Waals surface area contributed by atoms with Crippen LogP contribution in [0.2, 0.25) is 0 Å². The van der Waals surface area contributed by atoms with Gasteiger partial charge in [0.1, 0.15) is 12.4 Å². The second kappa shape index (κ2) is 6.38. The average molecular weight is 246 g/mol. The molecular weight excluding hydrogens is 228 g/mol. The van der Waals surface area contributed by atoms with Crippen molar-refractivity contribution in [2.24, 2.45) is 0 Å². The third-order valence-corrected chi connectivity index (χ3v) is 2.78. The molecule has 0 spiro atoms. The summed E-state index contributed by atoms with van der Waals surface area (Å²) in [5.74, 6) is 0.891. The van der Waals surface area contributed by atoms with Crippen LogP contribution in [0.3, 0.4) is 0 Å². The van der Waals surface area contributed by atoms with Crippen molar-refractivity contribution in [3.8, 4) is 5.75 Å². The average Bonchev–Trinajstić information content (AvgIpc) is 2.43. The normalized spacial score (nSPS) is 12.6. The van der Waals surface area contributed by atoms with E-state index < -0.39 is 0 Å². The second-order valence-electron chi connectivity index (χ2n) is 4.00. The number of fused-ring (bicyclic) bond motifs is 1. The van der Waals surface area contributed by atoms with Crippen LogP contribution in [0.15, 0.2) is 42.5 Å². The fraction of sp³-hybridized carbons (Fsp3) is 0.333. The summed E-state index contributed by atoms with van der Waals surface area (Å²) in [5, 5.41) is 2.31. The van der Waals surface area contributed by atoms with Gasteiger partial charge in [0.2, 0.25) is 0 Å². The molecule has 0 aliphatic heterocycles. The van der Waals surface area contributed by atoms with Gasteiger partial charge < -0.3 is 14.2 Å². The number of ether oxygens (including phenoxy) is 3. The standard InChI is InChI=1S/C15H18O3/c1-12(16-2)17-10-11-18-15-9-5-7-13-6-3-4-8-14(13)15/h3-9,12H,10-11H2,1-2H3. The molecule has 0 saturated carbocycles. The Labute approximate surface area is 107 Å². The van der Waals surface area contributed by atoms with Crippen molar-refractivity contribution in [1.82, 2.24) is 0 Å². The van der Waals surface area contributed by atoms with Gasteiger partial charge in [-0.25, -0.2) is 0 Å². The van der Waals surface area contributed by atoms with Crippen LogP contribution in [0.25, 0.3) is 10.8 Å². The highest BCUT2D eigenvalue weighted by Gasteiger charge is 2.02. The fourth-order valence-corrected chi connectivity index (χ4v) is 1.76. The maximum Gasteiger partial charge on any atom is 0.154 e. The van der Waals surface area contributed by atoms with Gasteiger partial charge in [0.15, 0.2) is 6.29 Å². The SMILES string of the molecule is COC(C)OCCOc1cccc2ccccc12. The van der Waals surface area contributed by atoms with Crippen LogP contribution in [0.1, 0.15) is 6.92 Å². The largest absolute Gasteiger partial charge is 0.491 e. The van der Waals surface area contributed by atoms with E-state index in [1.165, 1.54) is 5.39 Å². The molecule has 0 saturated heterocycles. The zero-order chi connectivity index (χ0) is 12.8. The van der Waals surface area contributed by atoms with Crippen molar-refractivity contribution in [2.75, 3.05) is 20.3 Å². The highest BCUT2D eigenvalue weighted by atomic mass is 16.7. The van der Waals surface area contributed by atoms with E-state index in [1.807, 2.05) is 31.2 Å². The topological polar surface area (TPSA) is 27.7 Å². The van der Waals surface area contributed by atoms with E-state index in [4.69, 9.17) is 14.2 Å². The maximum atomic E-state index is 5.73. The fourth-order valence-electron chi connectivity index (χ4n) is 1.76. The monoisotopic (exact) mass is 246 g/mol. The van der Waals surface area contributed by atoms with Gasteiger partial charge in [-0.1, -0.05) is 36.4 Å². The molecule has 18 heavy (non-hydrogen) atoms. The van der Waals surface area contributed by atoms with Gasteiger partial charge in [0.05, 0.1) is 6.61 Å². The Balaban J connectivity index is 1.95. The zero-order valence-corrected chi connectivity index (χ0v) is 10.8. The molecule has 3 nitrogen and oxygen atoms in total. The van der Waals surface area contributed by atoms with Crippen molar-refractivity contribution in [2.45, 2.75) is 13.2 Å². The molecule has 1 unspecified atom stereocenters. The van der Waals surface area contributed by atoms with E-state index >= 15 is 0 Å². The van der Waals surface area contributed by atoms with Crippen LogP contribution in [0, 0.1) is 0 Å². The number of methoxy groups -OCH3 is 1. The van der Waals surface area contributed by atoms with Gasteiger partial charge in [-0.3, -0.25) is 0 Å². The molecule has 1 atom stereocenters. The van der Waals surface area contributed by atoms with Gasteiger partial charge in [-0.2, -0.15) is 0 Å². The first-order chi connectivity index (χ1) is 8.81. The van der Waals surface area contributed by atoms with Gasteiger partial charge in [-0.15, -0.1) is 0 Å². The van der Waals surface area contributed by atoms with Crippen LogP contribution in [-0.2, 0) is 9.47 Å². The molecule has 0 aliphatic carbocycles. The molecule has 0 aliphatic rings. The molecule has 2 rings (SSSR count). The molecule has 2 aromatic carbocycles. The maximum absolute atomic E-state index is 5.73. The zero-order valence-electron chi connectivity index (χ0n) is 10.8. The van der Waals surface area contributed by atoms with Crippen LogP contribution in [-0.4, -0.2) is 26.6 Å². The summed E-state index contributed by atoms with van der Waals surface area (Å²) in [6.45, 7) is 2.89. The molecule has 0 radical (unpaired) electrons. The first-order valence-corrected chi connectivity index (χ1v) is 6.06. The summed E-state index contributed by atoms with van der Waals surface area (Å²) in [4.78, 5) is 0. The van der Waals surface area contributed by atoms with E-state index in [9.17, 15) is 0 Å². The van der Waals surface area contributed by atoms with Crippen molar-refractivity contribution in [3.05, 3.63) is 42.5 Å². The summed E-state index contributed by atoms with van der Waals surface area (Å²) in [6.07, 6.45) is -0.193. The summed E-state index contributed by atoms with van der Waals surface area (Å²) < 4.78 is 16.1. The number of hydrogen-bond acceptors (Lipinski definition) is 3. The molecule has 2 aromatic rings. The third kappa shape index (κ3) is 3.22. The first kappa shape index (κ1) is 12.9. The third-order valence-electron chi connectivity index (χ3n) is 2.78. The van der Waals surface area contributed by atoms with Gasteiger partial charge >= 0.3 is 0 Å². The smallest absolute Gasteiger partial charge is 0.154 e.